The van der Waals surface area contributed by atoms with Gasteiger partial charge in [0.15, 0.2) is 5.84 Å². The maximum Gasteiger partial charge on any atom is 0.471 e. The average Bonchev–Trinajstić information content (AvgIpc) is 3.18. The molecule has 0 aliphatic carbocycles. The molecular formula is C16H10F3N3O3. The summed E-state index contributed by atoms with van der Waals surface area (Å²) in [7, 11) is 0. The molecule has 1 aliphatic rings. The fraction of sp³-hybridized carbons (Fsp3) is 0.0625. The van der Waals surface area contributed by atoms with E-state index in [1.807, 2.05) is 0 Å². The SMILES string of the molecule is O=C1C(=Cc2ccco2)C(NC(=O)C(F)(F)F)=NN1c1ccccc1. The molecule has 9 heteroatoms. The second kappa shape index (κ2) is 6.27. The Morgan fingerprint density at radius 1 is 1.16 bits per heavy atom. The van der Waals surface area contributed by atoms with Gasteiger partial charge in [0.05, 0.1) is 17.5 Å². The first-order valence-corrected chi connectivity index (χ1v) is 6.98. The van der Waals surface area contributed by atoms with Crippen molar-refractivity contribution in [1.29, 1.82) is 0 Å². The molecule has 25 heavy (non-hydrogen) atoms. The van der Waals surface area contributed by atoms with Gasteiger partial charge in [-0.25, -0.2) is 0 Å². The van der Waals surface area contributed by atoms with Gasteiger partial charge in [-0.3, -0.25) is 9.59 Å². The number of hydrogen-bond acceptors (Lipinski definition) is 4. The van der Waals surface area contributed by atoms with Gasteiger partial charge in [-0.2, -0.15) is 18.2 Å². The van der Waals surface area contributed by atoms with Crippen molar-refractivity contribution in [3.63, 3.8) is 0 Å². The molecule has 0 saturated heterocycles. The highest BCUT2D eigenvalue weighted by Gasteiger charge is 2.42. The monoisotopic (exact) mass is 349 g/mol. The molecule has 128 valence electrons. The summed E-state index contributed by atoms with van der Waals surface area (Å²) in [5.41, 5.74) is 0.116. The molecule has 0 saturated carbocycles. The summed E-state index contributed by atoms with van der Waals surface area (Å²) in [6.45, 7) is 0. The maximum absolute atomic E-state index is 12.5. The van der Waals surface area contributed by atoms with E-state index >= 15 is 0 Å². The first-order valence-electron chi connectivity index (χ1n) is 6.98. The van der Waals surface area contributed by atoms with Gasteiger partial charge < -0.3 is 9.73 Å². The van der Waals surface area contributed by atoms with E-state index in [9.17, 15) is 22.8 Å². The van der Waals surface area contributed by atoms with E-state index in [1.165, 1.54) is 18.4 Å². The fourth-order valence-corrected chi connectivity index (χ4v) is 2.08. The number of benzene rings is 1. The van der Waals surface area contributed by atoms with Gasteiger partial charge in [0.2, 0.25) is 0 Å². The minimum Gasteiger partial charge on any atom is -0.465 e. The second-order valence-electron chi connectivity index (χ2n) is 4.93. The van der Waals surface area contributed by atoms with Crippen LogP contribution in [0.25, 0.3) is 6.08 Å². The van der Waals surface area contributed by atoms with Crippen molar-refractivity contribution in [3.8, 4) is 0 Å². The summed E-state index contributed by atoms with van der Waals surface area (Å²) in [6.07, 6.45) is -2.56. The van der Waals surface area contributed by atoms with Gasteiger partial charge in [0.25, 0.3) is 5.91 Å². The van der Waals surface area contributed by atoms with Crippen LogP contribution in [0, 0.1) is 0 Å². The lowest BCUT2D eigenvalue weighted by Gasteiger charge is -2.10. The highest BCUT2D eigenvalue weighted by molar-refractivity contribution is 6.34. The molecule has 0 atom stereocenters. The van der Waals surface area contributed by atoms with Crippen molar-refractivity contribution in [1.82, 2.24) is 5.32 Å². The molecule has 0 spiro atoms. The van der Waals surface area contributed by atoms with E-state index < -0.39 is 23.8 Å². The van der Waals surface area contributed by atoms with Gasteiger partial charge in [-0.15, -0.1) is 5.10 Å². The van der Waals surface area contributed by atoms with Crippen molar-refractivity contribution in [2.24, 2.45) is 5.10 Å². The average molecular weight is 349 g/mol. The number of amidine groups is 1. The van der Waals surface area contributed by atoms with E-state index in [0.717, 1.165) is 5.01 Å². The molecule has 0 unspecified atom stereocenters. The number of hydrogen-bond donors (Lipinski definition) is 1. The third-order valence-electron chi connectivity index (χ3n) is 3.20. The predicted octanol–water partition coefficient (Wildman–Crippen LogP) is 2.70. The van der Waals surface area contributed by atoms with Crippen molar-refractivity contribution in [2.75, 3.05) is 5.01 Å². The van der Waals surface area contributed by atoms with Crippen LogP contribution in [-0.4, -0.2) is 23.8 Å². The first kappa shape index (κ1) is 16.5. The number of carbonyl (C=O) groups excluding carboxylic acids is 2. The normalized spacial score (nSPS) is 16.3. The number of rotatable bonds is 2. The zero-order valence-corrected chi connectivity index (χ0v) is 12.4. The molecule has 0 fully saturated rings. The Kier molecular flexibility index (Phi) is 4.14. The maximum atomic E-state index is 12.5. The number of nitrogens with one attached hydrogen (secondary N) is 1. The molecule has 2 heterocycles. The van der Waals surface area contributed by atoms with Gasteiger partial charge in [-0.1, -0.05) is 18.2 Å². The lowest BCUT2D eigenvalue weighted by Crippen LogP contribution is -2.41. The Morgan fingerprint density at radius 3 is 2.48 bits per heavy atom. The van der Waals surface area contributed by atoms with Crippen LogP contribution in [0.15, 0.2) is 63.8 Å². The number of anilines is 1. The number of nitrogens with zero attached hydrogens (tertiary/aromatic N) is 2. The van der Waals surface area contributed by atoms with E-state index in [1.54, 1.807) is 41.7 Å². The van der Waals surface area contributed by atoms with Crippen LogP contribution in [0.1, 0.15) is 5.76 Å². The Hall–Kier alpha value is -3.36. The number of alkyl halides is 3. The van der Waals surface area contributed by atoms with Gasteiger partial charge in [-0.05, 0) is 30.3 Å². The van der Waals surface area contributed by atoms with Gasteiger partial charge >= 0.3 is 12.1 Å². The highest BCUT2D eigenvalue weighted by Crippen LogP contribution is 2.25. The van der Waals surface area contributed by atoms with Crippen LogP contribution >= 0.6 is 0 Å². The Labute approximate surface area is 139 Å². The zero-order valence-electron chi connectivity index (χ0n) is 12.4. The number of halogens is 3. The van der Waals surface area contributed by atoms with Crippen LogP contribution in [-0.2, 0) is 9.59 Å². The standard InChI is InChI=1S/C16H10F3N3O3/c17-16(18,19)15(24)20-13-12(9-11-7-4-8-25-11)14(23)22(21-13)10-5-2-1-3-6-10/h1-9H,(H,20,21,24). The third-order valence-corrected chi connectivity index (χ3v) is 3.20. The Morgan fingerprint density at radius 2 is 1.88 bits per heavy atom. The zero-order chi connectivity index (χ0) is 18.0. The summed E-state index contributed by atoms with van der Waals surface area (Å²) < 4.78 is 42.6. The summed E-state index contributed by atoms with van der Waals surface area (Å²) >= 11 is 0. The molecule has 1 aromatic heterocycles. The fourth-order valence-electron chi connectivity index (χ4n) is 2.08. The summed E-state index contributed by atoms with van der Waals surface area (Å²) in [4.78, 5) is 23.8. The molecule has 3 rings (SSSR count). The molecule has 6 nitrogen and oxygen atoms in total. The number of amides is 2. The predicted molar refractivity (Wildman–Crippen MR) is 82.2 cm³/mol. The van der Waals surface area contributed by atoms with E-state index in [2.05, 4.69) is 5.10 Å². The number of carbonyl (C=O) groups is 2. The number of hydrazone groups is 1. The molecule has 1 aromatic carbocycles. The van der Waals surface area contributed by atoms with E-state index in [-0.39, 0.29) is 11.3 Å². The van der Waals surface area contributed by atoms with Crippen molar-refractivity contribution < 1.29 is 27.2 Å². The van der Waals surface area contributed by atoms with Gasteiger partial charge in [0, 0.05) is 0 Å². The van der Waals surface area contributed by atoms with Gasteiger partial charge in [0.1, 0.15) is 5.76 Å². The number of furan rings is 1. The Balaban J connectivity index is 1.99. The van der Waals surface area contributed by atoms with Crippen LogP contribution in [0.2, 0.25) is 0 Å². The minimum absolute atomic E-state index is 0.226. The molecule has 1 N–H and O–H groups in total. The van der Waals surface area contributed by atoms with E-state index in [0.29, 0.717) is 5.69 Å². The molecule has 0 bridgehead atoms. The molecule has 2 amide bonds. The second-order valence-corrected chi connectivity index (χ2v) is 4.93. The lowest BCUT2D eigenvalue weighted by molar-refractivity contribution is -0.171. The van der Waals surface area contributed by atoms with Crippen molar-refractivity contribution in [2.45, 2.75) is 6.18 Å². The number of para-hydroxylation sites is 1. The van der Waals surface area contributed by atoms with Crippen molar-refractivity contribution >= 4 is 29.4 Å². The largest absolute Gasteiger partial charge is 0.471 e. The summed E-state index contributed by atoms with van der Waals surface area (Å²) in [5.74, 6) is -3.20. The van der Waals surface area contributed by atoms with Crippen LogP contribution < -0.4 is 10.3 Å². The summed E-state index contributed by atoms with van der Waals surface area (Å²) in [5, 5.41) is 6.34. The van der Waals surface area contributed by atoms with Crippen LogP contribution in [0.3, 0.4) is 0 Å². The molecular weight excluding hydrogens is 339 g/mol. The molecule has 0 radical (unpaired) electrons. The van der Waals surface area contributed by atoms with Crippen LogP contribution in [0.4, 0.5) is 18.9 Å². The third kappa shape index (κ3) is 3.44. The minimum atomic E-state index is -5.11. The molecule has 2 aromatic rings. The van der Waals surface area contributed by atoms with E-state index in [4.69, 9.17) is 4.42 Å². The Bertz CT molecular complexity index is 856. The topological polar surface area (TPSA) is 74.9 Å². The summed E-state index contributed by atoms with van der Waals surface area (Å²) in [6, 6.07) is 11.2. The molecule has 1 aliphatic heterocycles. The van der Waals surface area contributed by atoms with Crippen molar-refractivity contribution in [3.05, 3.63) is 60.1 Å². The smallest absolute Gasteiger partial charge is 0.465 e. The quantitative estimate of drug-likeness (QED) is 0.847. The lowest BCUT2D eigenvalue weighted by atomic mass is 10.2. The highest BCUT2D eigenvalue weighted by atomic mass is 19.4. The van der Waals surface area contributed by atoms with Crippen LogP contribution in [0.5, 0.6) is 0 Å². The first-order chi connectivity index (χ1) is 11.9.